The van der Waals surface area contributed by atoms with Crippen molar-refractivity contribution in [1.29, 1.82) is 0 Å². The maximum Gasteiger partial charge on any atom is 0.405 e. The predicted octanol–water partition coefficient (Wildman–Crippen LogP) is 2.38. The number of Topliss-reactive ketones (excluding diaryl/α,β-unsaturated/α-hetero) is 2. The van der Waals surface area contributed by atoms with Gasteiger partial charge in [-0.1, -0.05) is 38.2 Å². The zero-order valence-electron chi connectivity index (χ0n) is 25.4. The maximum atomic E-state index is 13.6. The van der Waals surface area contributed by atoms with Crippen LogP contribution in [0.15, 0.2) is 58.2 Å². The molecule has 4 N–H and O–H groups in total. The predicted molar refractivity (Wildman–Crippen MR) is 152 cm³/mol. The average Bonchev–Trinajstić information content (AvgIpc) is 2.94. The third-order valence-corrected chi connectivity index (χ3v) is 7.26. The molecule has 0 fully saturated rings. The molecule has 0 saturated carbocycles. The number of fused-ring (bicyclic) bond motifs is 2. The van der Waals surface area contributed by atoms with Crippen molar-refractivity contribution in [2.45, 2.75) is 65.0 Å². The summed E-state index contributed by atoms with van der Waals surface area (Å²) in [4.78, 5) is 51.6. The third-order valence-electron chi connectivity index (χ3n) is 7.26. The van der Waals surface area contributed by atoms with Crippen LogP contribution in [0.5, 0.6) is 0 Å². The number of carbonyl (C=O) groups is 4. The Morgan fingerprint density at radius 3 is 2.19 bits per heavy atom. The Balaban J connectivity index is 2.68. The zero-order valence-corrected chi connectivity index (χ0v) is 25.4. The quantitative estimate of drug-likeness (QED) is 0.319. The van der Waals surface area contributed by atoms with Crippen LogP contribution >= 0.6 is 0 Å². The summed E-state index contributed by atoms with van der Waals surface area (Å²) in [6, 6.07) is 0. The van der Waals surface area contributed by atoms with Crippen LogP contribution in [0.4, 0.5) is 4.79 Å². The molecule has 0 radical (unpaired) electrons. The first kappa shape index (κ1) is 34.5. The van der Waals surface area contributed by atoms with E-state index in [0.29, 0.717) is 12.0 Å². The van der Waals surface area contributed by atoms with Gasteiger partial charge in [0.1, 0.15) is 11.8 Å². The number of ketones is 2. The standard InChI is InChI=1S/C30H42N2O10/c1-15-12-19-24(34)22(28(41-8)25(35)27(19)40-7)32-29(36)16(2)10-9-11-20(38-5)26(42-30(31)37)18(4)14-17(3)23(33)21(13-15)39-6/h9-11,14-15,17,20-21,23,26,33H,12-13H2,1-8H3,(H2,31,37)(H,32,36)/b11-9-,16-10+,18-14+/t15-,17+,20+,21+,23-,26+/m1/s1. The monoisotopic (exact) mass is 590 g/mol. The van der Waals surface area contributed by atoms with E-state index in [2.05, 4.69) is 5.32 Å². The SMILES string of the molecule is COC1=C2C[C@@H](C)C[C@H](OC)[C@H](O)[C@@H](C)/C=C(\C)[C@H](OC(N)=O)[C@@H](OC)/C=C\C=C(/C)C(=O)NC(=C(OC)C1=O)C2=O. The molecular formula is C30H42N2O10. The van der Waals surface area contributed by atoms with Crippen LogP contribution in [0.1, 0.15) is 40.5 Å². The van der Waals surface area contributed by atoms with E-state index in [1.807, 2.05) is 6.92 Å². The molecular weight excluding hydrogens is 548 g/mol. The lowest BCUT2D eigenvalue weighted by atomic mass is 9.85. The number of primary amides is 1. The lowest BCUT2D eigenvalue weighted by molar-refractivity contribution is -0.123. The largest absolute Gasteiger partial charge is 0.492 e. The molecule has 0 aromatic carbocycles. The van der Waals surface area contributed by atoms with Crippen LogP contribution in [0.2, 0.25) is 0 Å². The van der Waals surface area contributed by atoms with E-state index in [0.717, 1.165) is 0 Å². The van der Waals surface area contributed by atoms with Crippen molar-refractivity contribution >= 4 is 23.6 Å². The summed E-state index contributed by atoms with van der Waals surface area (Å²) in [5.74, 6) is -3.18. The van der Waals surface area contributed by atoms with Crippen LogP contribution in [-0.2, 0) is 38.1 Å². The van der Waals surface area contributed by atoms with E-state index < -0.39 is 53.9 Å². The van der Waals surface area contributed by atoms with E-state index >= 15 is 0 Å². The van der Waals surface area contributed by atoms with E-state index in [1.54, 1.807) is 26.0 Å². The molecule has 0 spiro atoms. The van der Waals surface area contributed by atoms with Gasteiger partial charge in [0.05, 0.1) is 26.4 Å². The number of amides is 2. The number of ether oxygens (including phenoxy) is 5. The van der Waals surface area contributed by atoms with E-state index in [9.17, 15) is 24.3 Å². The van der Waals surface area contributed by atoms with Crippen LogP contribution in [0, 0.1) is 11.8 Å². The lowest BCUT2D eigenvalue weighted by Gasteiger charge is -2.30. The van der Waals surface area contributed by atoms with Gasteiger partial charge in [0.25, 0.3) is 11.7 Å². The van der Waals surface area contributed by atoms with Gasteiger partial charge in [-0.05, 0) is 38.2 Å². The van der Waals surface area contributed by atoms with Gasteiger partial charge in [0.15, 0.2) is 17.6 Å². The average molecular weight is 591 g/mol. The van der Waals surface area contributed by atoms with Crippen molar-refractivity contribution < 1.29 is 48.0 Å². The molecule has 2 rings (SSSR count). The summed E-state index contributed by atoms with van der Waals surface area (Å²) in [5.41, 5.74) is 5.88. The number of aliphatic hydroxyl groups excluding tert-OH is 1. The van der Waals surface area contributed by atoms with Crippen molar-refractivity contribution in [1.82, 2.24) is 5.32 Å². The molecule has 0 aromatic heterocycles. The number of hydrogen-bond donors (Lipinski definition) is 3. The van der Waals surface area contributed by atoms with Crippen molar-refractivity contribution in [3.05, 3.63) is 58.2 Å². The maximum absolute atomic E-state index is 13.6. The number of aliphatic hydroxyl groups is 1. The Morgan fingerprint density at radius 1 is 1.00 bits per heavy atom. The van der Waals surface area contributed by atoms with E-state index in [4.69, 9.17) is 29.4 Å². The molecule has 2 aliphatic rings. The molecule has 1 aliphatic carbocycles. The van der Waals surface area contributed by atoms with Crippen molar-refractivity contribution in [3.63, 3.8) is 0 Å². The fourth-order valence-corrected chi connectivity index (χ4v) is 5.02. The van der Waals surface area contributed by atoms with Crippen molar-refractivity contribution in [2.75, 3.05) is 28.4 Å². The van der Waals surface area contributed by atoms with Gasteiger partial charge >= 0.3 is 6.09 Å². The minimum atomic E-state index is -1.01. The number of rotatable bonds is 5. The second kappa shape index (κ2) is 15.5. The molecule has 232 valence electrons. The molecule has 0 unspecified atom stereocenters. The van der Waals surface area contributed by atoms with E-state index in [-0.39, 0.29) is 40.7 Å². The van der Waals surface area contributed by atoms with Crippen molar-refractivity contribution in [2.24, 2.45) is 17.6 Å². The number of methoxy groups -OCH3 is 4. The molecule has 12 nitrogen and oxygen atoms in total. The number of allylic oxidation sites excluding steroid dienone is 3. The Hall–Kier alpha value is -3.74. The highest BCUT2D eigenvalue weighted by atomic mass is 16.6. The Morgan fingerprint density at radius 2 is 1.64 bits per heavy atom. The topological polar surface area (TPSA) is 173 Å². The summed E-state index contributed by atoms with van der Waals surface area (Å²) in [7, 11) is 5.39. The zero-order chi connectivity index (χ0) is 31.7. The Kier molecular flexibility index (Phi) is 12.7. The molecule has 0 saturated heterocycles. The highest BCUT2D eigenvalue weighted by Crippen LogP contribution is 2.31. The molecule has 1 aliphatic heterocycles. The molecule has 2 amide bonds. The number of hydrogen-bond acceptors (Lipinski definition) is 10. The van der Waals surface area contributed by atoms with Gasteiger partial charge in [0, 0.05) is 31.3 Å². The molecule has 12 heteroatoms. The summed E-state index contributed by atoms with van der Waals surface area (Å²) in [6.45, 7) is 6.87. The second-order valence-electron chi connectivity index (χ2n) is 10.4. The second-order valence-corrected chi connectivity index (χ2v) is 10.4. The molecule has 6 atom stereocenters. The van der Waals surface area contributed by atoms with Crippen LogP contribution in [-0.4, -0.2) is 81.5 Å². The molecule has 1 heterocycles. The van der Waals surface area contributed by atoms with Gasteiger partial charge in [-0.15, -0.1) is 0 Å². The van der Waals surface area contributed by atoms with Crippen LogP contribution in [0.3, 0.4) is 0 Å². The fraction of sp³-hybridized carbons (Fsp3) is 0.533. The van der Waals surface area contributed by atoms with Crippen LogP contribution < -0.4 is 11.1 Å². The molecule has 0 aromatic rings. The highest BCUT2D eigenvalue weighted by molar-refractivity contribution is 6.24. The normalized spacial score (nSPS) is 31.9. The first-order valence-corrected chi connectivity index (χ1v) is 13.5. The third kappa shape index (κ3) is 8.17. The molecule has 2 bridgehead atoms. The summed E-state index contributed by atoms with van der Waals surface area (Å²) in [5, 5.41) is 13.7. The lowest BCUT2D eigenvalue weighted by Crippen LogP contribution is -2.38. The highest BCUT2D eigenvalue weighted by Gasteiger charge is 2.39. The van der Waals surface area contributed by atoms with Gasteiger partial charge in [-0.3, -0.25) is 14.4 Å². The summed E-state index contributed by atoms with van der Waals surface area (Å²) < 4.78 is 27.1. The Bertz CT molecular complexity index is 1210. The smallest absolute Gasteiger partial charge is 0.405 e. The van der Waals surface area contributed by atoms with Gasteiger partial charge < -0.3 is 39.8 Å². The Labute approximate surface area is 246 Å². The van der Waals surface area contributed by atoms with Gasteiger partial charge in [-0.25, -0.2) is 4.79 Å². The number of carbonyl (C=O) groups excluding carboxylic acids is 4. The minimum Gasteiger partial charge on any atom is -0.492 e. The van der Waals surface area contributed by atoms with Crippen molar-refractivity contribution in [3.8, 4) is 0 Å². The van der Waals surface area contributed by atoms with E-state index in [1.165, 1.54) is 47.5 Å². The van der Waals surface area contributed by atoms with Gasteiger partial charge in [0.2, 0.25) is 5.78 Å². The fourth-order valence-electron chi connectivity index (χ4n) is 5.02. The summed E-state index contributed by atoms with van der Waals surface area (Å²) in [6.07, 6.45) is 2.32. The first-order chi connectivity index (χ1) is 19.8. The number of nitrogens with two attached hydrogens (primary N) is 1. The van der Waals surface area contributed by atoms with Crippen LogP contribution in [0.25, 0.3) is 0 Å². The first-order valence-electron chi connectivity index (χ1n) is 13.5. The van der Waals surface area contributed by atoms with Gasteiger partial charge in [-0.2, -0.15) is 0 Å². The molecule has 42 heavy (non-hydrogen) atoms. The number of nitrogens with one attached hydrogen (secondary N) is 1. The minimum absolute atomic E-state index is 0.0769. The summed E-state index contributed by atoms with van der Waals surface area (Å²) >= 11 is 0.